The van der Waals surface area contributed by atoms with Crippen molar-refractivity contribution in [2.24, 2.45) is 0 Å². The Kier molecular flexibility index (Phi) is 6.29. The predicted molar refractivity (Wildman–Crippen MR) is 73.8 cm³/mol. The van der Waals surface area contributed by atoms with Gasteiger partial charge in [0.05, 0.1) is 6.61 Å². The summed E-state index contributed by atoms with van der Waals surface area (Å²) in [6, 6.07) is 3.76. The highest BCUT2D eigenvalue weighted by atomic mass is 32.2. The number of furan rings is 1. The van der Waals surface area contributed by atoms with Crippen LogP contribution in [0, 0.1) is 6.92 Å². The van der Waals surface area contributed by atoms with Crippen LogP contribution in [0.2, 0.25) is 0 Å². The minimum atomic E-state index is -0.0316. The summed E-state index contributed by atoms with van der Waals surface area (Å²) in [5.74, 6) is 1.68. The molecular weight excluding hydrogens is 250 g/mol. The van der Waals surface area contributed by atoms with Gasteiger partial charge in [-0.05, 0) is 32.2 Å². The third kappa shape index (κ3) is 4.74. The van der Waals surface area contributed by atoms with Crippen LogP contribution in [0.1, 0.15) is 24.9 Å². The maximum atomic E-state index is 11.7. The molecule has 0 radical (unpaired) electrons. The number of aliphatic hydroxyl groups excluding tert-OH is 1. The molecule has 2 N–H and O–H groups in total. The van der Waals surface area contributed by atoms with Crippen molar-refractivity contribution < 1.29 is 14.3 Å². The first-order valence-electron chi connectivity index (χ1n) is 6.05. The van der Waals surface area contributed by atoms with Gasteiger partial charge in [-0.15, -0.1) is 0 Å². The Morgan fingerprint density at radius 1 is 1.56 bits per heavy atom. The molecular formula is C13H21NO3S. The van der Waals surface area contributed by atoms with Crippen LogP contribution in [0.5, 0.6) is 0 Å². The fraction of sp³-hybridized carbons (Fsp3) is 0.615. The van der Waals surface area contributed by atoms with Crippen molar-refractivity contribution in [3.8, 4) is 0 Å². The van der Waals surface area contributed by atoms with Crippen LogP contribution in [-0.2, 0) is 11.2 Å². The zero-order chi connectivity index (χ0) is 13.5. The summed E-state index contributed by atoms with van der Waals surface area (Å²) < 4.78 is 5.40. The summed E-state index contributed by atoms with van der Waals surface area (Å²) in [5, 5.41) is 12.1. The second kappa shape index (κ2) is 7.48. The maximum Gasteiger partial charge on any atom is 0.220 e. The molecule has 0 bridgehead atoms. The van der Waals surface area contributed by atoms with Gasteiger partial charge >= 0.3 is 0 Å². The van der Waals surface area contributed by atoms with Crippen molar-refractivity contribution in [1.82, 2.24) is 5.32 Å². The highest BCUT2D eigenvalue weighted by molar-refractivity contribution is 7.99. The van der Waals surface area contributed by atoms with Crippen LogP contribution in [-0.4, -0.2) is 35.2 Å². The molecule has 1 amide bonds. The first kappa shape index (κ1) is 15.1. The Labute approximate surface area is 112 Å². The number of carbonyl (C=O) groups is 1. The van der Waals surface area contributed by atoms with Crippen molar-refractivity contribution in [3.05, 3.63) is 23.7 Å². The molecule has 0 saturated heterocycles. The molecule has 0 spiro atoms. The van der Waals surface area contributed by atoms with E-state index in [0.717, 1.165) is 11.5 Å². The van der Waals surface area contributed by atoms with E-state index in [-0.39, 0.29) is 23.8 Å². The van der Waals surface area contributed by atoms with Crippen molar-refractivity contribution in [2.45, 2.75) is 38.0 Å². The summed E-state index contributed by atoms with van der Waals surface area (Å²) in [5.41, 5.74) is 0. The van der Waals surface area contributed by atoms with Crippen LogP contribution >= 0.6 is 11.8 Å². The second-order valence-corrected chi connectivity index (χ2v) is 5.40. The van der Waals surface area contributed by atoms with E-state index in [2.05, 4.69) is 5.32 Å². The molecule has 0 aliphatic carbocycles. The number of hydrogen-bond donors (Lipinski definition) is 2. The number of aryl methyl sites for hydroxylation is 2. The Morgan fingerprint density at radius 3 is 2.78 bits per heavy atom. The monoisotopic (exact) mass is 271 g/mol. The smallest absolute Gasteiger partial charge is 0.220 e. The van der Waals surface area contributed by atoms with E-state index in [4.69, 9.17) is 9.52 Å². The second-order valence-electron chi connectivity index (χ2n) is 4.33. The fourth-order valence-corrected chi connectivity index (χ4v) is 2.34. The fourth-order valence-electron chi connectivity index (χ4n) is 1.71. The summed E-state index contributed by atoms with van der Waals surface area (Å²) >= 11 is 1.55. The van der Waals surface area contributed by atoms with E-state index in [1.165, 1.54) is 0 Å². The normalized spacial score (nSPS) is 14.2. The molecule has 1 aromatic heterocycles. The highest BCUT2D eigenvalue weighted by Crippen LogP contribution is 2.11. The molecule has 1 heterocycles. The molecule has 1 rings (SSSR count). The lowest BCUT2D eigenvalue weighted by molar-refractivity contribution is -0.121. The number of rotatable bonds is 7. The number of aliphatic hydroxyl groups is 1. The first-order valence-corrected chi connectivity index (χ1v) is 7.34. The van der Waals surface area contributed by atoms with Gasteiger partial charge in [-0.1, -0.05) is 0 Å². The Morgan fingerprint density at radius 2 is 2.28 bits per heavy atom. The van der Waals surface area contributed by atoms with Crippen LogP contribution in [0.3, 0.4) is 0 Å². The van der Waals surface area contributed by atoms with Crippen LogP contribution in [0.25, 0.3) is 0 Å². The molecule has 0 fully saturated rings. The number of hydrogen-bond acceptors (Lipinski definition) is 4. The topological polar surface area (TPSA) is 62.5 Å². The Bertz CT molecular complexity index is 374. The number of amides is 1. The molecule has 18 heavy (non-hydrogen) atoms. The summed E-state index contributed by atoms with van der Waals surface area (Å²) in [4.78, 5) is 11.7. The van der Waals surface area contributed by atoms with Gasteiger partial charge in [-0.25, -0.2) is 0 Å². The van der Waals surface area contributed by atoms with Gasteiger partial charge in [-0.2, -0.15) is 11.8 Å². The van der Waals surface area contributed by atoms with Gasteiger partial charge in [-0.3, -0.25) is 4.79 Å². The van der Waals surface area contributed by atoms with E-state index in [1.54, 1.807) is 11.8 Å². The van der Waals surface area contributed by atoms with Gasteiger partial charge in [0.25, 0.3) is 0 Å². The number of carbonyl (C=O) groups excluding carboxylic acids is 1. The third-order valence-electron chi connectivity index (χ3n) is 2.82. The van der Waals surface area contributed by atoms with Crippen molar-refractivity contribution in [3.63, 3.8) is 0 Å². The van der Waals surface area contributed by atoms with Crippen molar-refractivity contribution >= 4 is 17.7 Å². The quantitative estimate of drug-likeness (QED) is 0.793. The molecule has 2 atom stereocenters. The van der Waals surface area contributed by atoms with E-state index >= 15 is 0 Å². The molecule has 0 aliphatic heterocycles. The molecule has 4 nitrogen and oxygen atoms in total. The summed E-state index contributed by atoms with van der Waals surface area (Å²) in [6.45, 7) is 3.86. The minimum Gasteiger partial charge on any atom is -0.466 e. The van der Waals surface area contributed by atoms with E-state index < -0.39 is 0 Å². The molecule has 0 unspecified atom stereocenters. The average molecular weight is 271 g/mol. The van der Waals surface area contributed by atoms with Crippen LogP contribution < -0.4 is 5.32 Å². The first-order chi connectivity index (χ1) is 8.56. The van der Waals surface area contributed by atoms with E-state index in [9.17, 15) is 4.79 Å². The predicted octanol–water partition coefficient (Wildman–Crippen LogP) is 1.75. The van der Waals surface area contributed by atoms with Gasteiger partial charge in [0.1, 0.15) is 11.5 Å². The molecule has 0 saturated carbocycles. The van der Waals surface area contributed by atoms with Gasteiger partial charge in [0.15, 0.2) is 0 Å². The molecule has 1 aromatic rings. The lowest BCUT2D eigenvalue weighted by Gasteiger charge is -2.21. The number of nitrogens with one attached hydrogen (secondary N) is 1. The summed E-state index contributed by atoms with van der Waals surface area (Å²) in [7, 11) is 0. The lowest BCUT2D eigenvalue weighted by atomic mass is 10.2. The largest absolute Gasteiger partial charge is 0.466 e. The van der Waals surface area contributed by atoms with Crippen molar-refractivity contribution in [1.29, 1.82) is 0 Å². The zero-order valence-electron chi connectivity index (χ0n) is 11.1. The Hall–Kier alpha value is -0.940. The van der Waals surface area contributed by atoms with Gasteiger partial charge in [0.2, 0.25) is 5.91 Å². The zero-order valence-corrected chi connectivity index (χ0v) is 11.9. The molecule has 5 heteroatoms. The third-order valence-corrected chi connectivity index (χ3v) is 3.99. The highest BCUT2D eigenvalue weighted by Gasteiger charge is 2.17. The molecule has 0 aliphatic rings. The van der Waals surface area contributed by atoms with Gasteiger partial charge in [0, 0.05) is 24.1 Å². The van der Waals surface area contributed by atoms with E-state index in [0.29, 0.717) is 12.8 Å². The lowest BCUT2D eigenvalue weighted by Crippen LogP contribution is -2.41. The van der Waals surface area contributed by atoms with Crippen LogP contribution in [0.4, 0.5) is 0 Å². The number of thioether (sulfide) groups is 1. The SMILES string of the molecule is CS[C@H](CO)[C@H](C)NC(=O)CCc1ccc(C)o1. The molecule has 0 aromatic carbocycles. The van der Waals surface area contributed by atoms with Gasteiger partial charge < -0.3 is 14.8 Å². The summed E-state index contributed by atoms with van der Waals surface area (Å²) in [6.07, 6.45) is 2.94. The minimum absolute atomic E-state index is 0.0101. The molecule has 102 valence electrons. The van der Waals surface area contributed by atoms with E-state index in [1.807, 2.05) is 32.2 Å². The average Bonchev–Trinajstić information content (AvgIpc) is 2.74. The van der Waals surface area contributed by atoms with Crippen molar-refractivity contribution in [2.75, 3.05) is 12.9 Å². The Balaban J connectivity index is 2.33. The standard InChI is InChI=1S/C13H21NO3S/c1-9-4-5-11(17-9)6-7-13(16)14-10(2)12(8-15)18-3/h4-5,10,12,15H,6-8H2,1-3H3,(H,14,16)/t10-,12+/m0/s1. The van der Waals surface area contributed by atoms with Crippen LogP contribution in [0.15, 0.2) is 16.5 Å². The maximum absolute atomic E-state index is 11.7.